The lowest BCUT2D eigenvalue weighted by molar-refractivity contribution is 0.0906. The second-order valence-electron chi connectivity index (χ2n) is 5.50. The maximum atomic E-state index is 14.0. The fraction of sp³-hybridized carbons (Fsp3) is 0.471. The molecular formula is C17H20FNO2. The Morgan fingerprint density at radius 2 is 2.19 bits per heavy atom. The molecule has 1 saturated carbocycles. The van der Waals surface area contributed by atoms with E-state index in [-0.39, 0.29) is 24.1 Å². The Hall–Kier alpha value is -1.86. The highest BCUT2D eigenvalue weighted by atomic mass is 19.1. The normalized spacial score (nSPS) is 21.3. The zero-order valence-electron chi connectivity index (χ0n) is 12.2. The molecule has 2 unspecified atom stereocenters. The van der Waals surface area contributed by atoms with Gasteiger partial charge >= 0.3 is 0 Å². The van der Waals surface area contributed by atoms with E-state index >= 15 is 0 Å². The molecule has 21 heavy (non-hydrogen) atoms. The first-order chi connectivity index (χ1) is 10.1. The summed E-state index contributed by atoms with van der Waals surface area (Å²) in [7, 11) is 0. The summed E-state index contributed by atoms with van der Waals surface area (Å²) >= 11 is 0. The second-order valence-corrected chi connectivity index (χ2v) is 5.50. The zero-order chi connectivity index (χ0) is 15.2. The number of nitrogens with one attached hydrogen (secondary N) is 1. The fourth-order valence-electron chi connectivity index (χ4n) is 2.70. The van der Waals surface area contributed by atoms with E-state index in [2.05, 4.69) is 24.1 Å². The molecule has 4 heteroatoms. The Labute approximate surface area is 124 Å². The molecule has 2 N–H and O–H groups in total. The summed E-state index contributed by atoms with van der Waals surface area (Å²) in [4.78, 5) is 12.2. The molecule has 0 aromatic heterocycles. The SMILES string of the molecule is CC1CCCCC1NC(=O)c1ccc(C#CCO)cc1F. The van der Waals surface area contributed by atoms with Crippen LogP contribution in [0.25, 0.3) is 0 Å². The number of hydrogen-bond acceptors (Lipinski definition) is 2. The maximum absolute atomic E-state index is 14.0. The predicted molar refractivity (Wildman–Crippen MR) is 79.3 cm³/mol. The molecule has 0 radical (unpaired) electrons. The number of aliphatic hydroxyl groups excluding tert-OH is 1. The number of carbonyl (C=O) groups excluding carboxylic acids is 1. The van der Waals surface area contributed by atoms with Crippen LogP contribution in [-0.4, -0.2) is 23.7 Å². The number of rotatable bonds is 2. The lowest BCUT2D eigenvalue weighted by Gasteiger charge is -2.29. The van der Waals surface area contributed by atoms with E-state index in [1.807, 2.05) is 0 Å². The largest absolute Gasteiger partial charge is 0.384 e. The first-order valence-electron chi connectivity index (χ1n) is 7.32. The Kier molecular flexibility index (Phi) is 5.35. The molecule has 1 amide bonds. The third kappa shape index (κ3) is 4.05. The van der Waals surface area contributed by atoms with Crippen molar-refractivity contribution in [1.82, 2.24) is 5.32 Å². The van der Waals surface area contributed by atoms with E-state index in [1.54, 1.807) is 6.07 Å². The van der Waals surface area contributed by atoms with Crippen molar-refractivity contribution < 1.29 is 14.3 Å². The highest BCUT2D eigenvalue weighted by Crippen LogP contribution is 2.24. The quantitative estimate of drug-likeness (QED) is 0.822. The van der Waals surface area contributed by atoms with Crippen molar-refractivity contribution in [3.63, 3.8) is 0 Å². The molecule has 1 aromatic rings. The molecule has 1 fully saturated rings. The van der Waals surface area contributed by atoms with Gasteiger partial charge in [0, 0.05) is 11.6 Å². The summed E-state index contributed by atoms with van der Waals surface area (Å²) in [6.45, 7) is 1.84. The van der Waals surface area contributed by atoms with Crippen LogP contribution in [-0.2, 0) is 0 Å². The lowest BCUT2D eigenvalue weighted by Crippen LogP contribution is -2.41. The number of halogens is 1. The minimum Gasteiger partial charge on any atom is -0.384 e. The predicted octanol–water partition coefficient (Wildman–Crippen LogP) is 2.48. The Balaban J connectivity index is 2.08. The van der Waals surface area contributed by atoms with Crippen molar-refractivity contribution in [2.45, 2.75) is 38.6 Å². The molecular weight excluding hydrogens is 269 g/mol. The number of amides is 1. The van der Waals surface area contributed by atoms with Gasteiger partial charge in [0.25, 0.3) is 5.91 Å². The summed E-state index contributed by atoms with van der Waals surface area (Å²) in [6, 6.07) is 4.38. The highest BCUT2D eigenvalue weighted by Gasteiger charge is 2.24. The molecule has 3 nitrogen and oxygen atoms in total. The van der Waals surface area contributed by atoms with Gasteiger partial charge < -0.3 is 10.4 Å². The average molecular weight is 289 g/mol. The minimum absolute atomic E-state index is 0.0438. The van der Waals surface area contributed by atoms with Gasteiger partial charge in [-0.2, -0.15) is 0 Å². The van der Waals surface area contributed by atoms with Gasteiger partial charge in [0.15, 0.2) is 0 Å². The Bertz CT molecular complexity index is 574. The van der Waals surface area contributed by atoms with E-state index < -0.39 is 5.82 Å². The summed E-state index contributed by atoms with van der Waals surface area (Å²) in [5, 5.41) is 11.5. The summed E-state index contributed by atoms with van der Waals surface area (Å²) in [5.41, 5.74) is 0.492. The monoisotopic (exact) mass is 289 g/mol. The van der Waals surface area contributed by atoms with Crippen LogP contribution in [0.1, 0.15) is 48.5 Å². The van der Waals surface area contributed by atoms with Crippen LogP contribution in [0.3, 0.4) is 0 Å². The molecule has 0 bridgehead atoms. The van der Waals surface area contributed by atoms with Gasteiger partial charge in [-0.15, -0.1) is 0 Å². The molecule has 1 aliphatic rings. The molecule has 112 valence electrons. The number of hydrogen-bond donors (Lipinski definition) is 2. The van der Waals surface area contributed by atoms with Gasteiger partial charge in [0.05, 0.1) is 5.56 Å². The molecule has 0 heterocycles. The van der Waals surface area contributed by atoms with Gasteiger partial charge in [0.2, 0.25) is 0 Å². The fourth-order valence-corrected chi connectivity index (χ4v) is 2.70. The standard InChI is InChI=1S/C17H20FNO2/c1-12-5-2-3-7-16(12)19-17(21)14-9-8-13(6-4-10-20)11-15(14)18/h8-9,11-12,16,20H,2-3,5,7,10H2,1H3,(H,19,21). The van der Waals surface area contributed by atoms with Gasteiger partial charge in [-0.3, -0.25) is 4.79 Å². The Morgan fingerprint density at radius 3 is 2.86 bits per heavy atom. The average Bonchev–Trinajstić information content (AvgIpc) is 2.47. The van der Waals surface area contributed by atoms with Gasteiger partial charge in [-0.05, 0) is 37.0 Å². The zero-order valence-corrected chi connectivity index (χ0v) is 12.2. The van der Waals surface area contributed by atoms with Crippen LogP contribution in [0.2, 0.25) is 0 Å². The van der Waals surface area contributed by atoms with Crippen molar-refractivity contribution in [1.29, 1.82) is 0 Å². The van der Waals surface area contributed by atoms with Crippen LogP contribution in [0, 0.1) is 23.6 Å². The van der Waals surface area contributed by atoms with Gasteiger partial charge in [-0.25, -0.2) is 4.39 Å². The van der Waals surface area contributed by atoms with Crippen molar-refractivity contribution in [3.05, 3.63) is 35.1 Å². The van der Waals surface area contributed by atoms with Crippen LogP contribution >= 0.6 is 0 Å². The number of carbonyl (C=O) groups is 1. The van der Waals surface area contributed by atoms with Crippen LogP contribution < -0.4 is 5.32 Å². The third-order valence-electron chi connectivity index (χ3n) is 3.95. The van der Waals surface area contributed by atoms with Crippen molar-refractivity contribution in [2.75, 3.05) is 6.61 Å². The van der Waals surface area contributed by atoms with Crippen molar-refractivity contribution in [2.24, 2.45) is 5.92 Å². The molecule has 0 saturated heterocycles. The first-order valence-corrected chi connectivity index (χ1v) is 7.32. The van der Waals surface area contributed by atoms with Crippen LogP contribution in [0.15, 0.2) is 18.2 Å². The van der Waals surface area contributed by atoms with E-state index in [4.69, 9.17) is 5.11 Å². The molecule has 0 spiro atoms. The van der Waals surface area contributed by atoms with Gasteiger partial charge in [0.1, 0.15) is 12.4 Å². The molecule has 1 aliphatic carbocycles. The smallest absolute Gasteiger partial charge is 0.254 e. The van der Waals surface area contributed by atoms with Crippen LogP contribution in [0.5, 0.6) is 0 Å². The number of aliphatic hydroxyl groups is 1. The molecule has 0 aliphatic heterocycles. The Morgan fingerprint density at radius 1 is 1.43 bits per heavy atom. The molecule has 2 rings (SSSR count). The third-order valence-corrected chi connectivity index (χ3v) is 3.95. The summed E-state index contributed by atoms with van der Waals surface area (Å²) < 4.78 is 14.0. The second kappa shape index (κ2) is 7.24. The van der Waals surface area contributed by atoms with Gasteiger partial charge in [-0.1, -0.05) is 31.6 Å². The van der Waals surface area contributed by atoms with E-state index in [0.29, 0.717) is 11.5 Å². The molecule has 1 aromatic carbocycles. The maximum Gasteiger partial charge on any atom is 0.254 e. The lowest BCUT2D eigenvalue weighted by atomic mass is 9.86. The minimum atomic E-state index is -0.583. The summed E-state index contributed by atoms with van der Waals surface area (Å²) in [6.07, 6.45) is 4.35. The van der Waals surface area contributed by atoms with Crippen molar-refractivity contribution >= 4 is 5.91 Å². The van der Waals surface area contributed by atoms with Crippen molar-refractivity contribution in [3.8, 4) is 11.8 Å². The highest BCUT2D eigenvalue weighted by molar-refractivity contribution is 5.94. The summed E-state index contributed by atoms with van der Waals surface area (Å²) in [5.74, 6) is 4.55. The van der Waals surface area contributed by atoms with Crippen LogP contribution in [0.4, 0.5) is 4.39 Å². The topological polar surface area (TPSA) is 49.3 Å². The molecule has 2 atom stereocenters. The van der Waals surface area contributed by atoms with E-state index in [0.717, 1.165) is 19.3 Å². The van der Waals surface area contributed by atoms with E-state index in [1.165, 1.54) is 18.6 Å². The van der Waals surface area contributed by atoms with E-state index in [9.17, 15) is 9.18 Å². The first kappa shape index (κ1) is 15.5. The number of benzene rings is 1.